The summed E-state index contributed by atoms with van der Waals surface area (Å²) in [6.45, 7) is 2.42. The molecule has 0 saturated carbocycles. The largest absolute Gasteiger partial charge is 0.488 e. The zero-order valence-electron chi connectivity index (χ0n) is 14.4. The number of nitriles is 1. The molecule has 0 saturated heterocycles. The Morgan fingerprint density at radius 3 is 2.69 bits per heavy atom. The van der Waals surface area contributed by atoms with Gasteiger partial charge in [0.05, 0.1) is 0 Å². The zero-order valence-corrected chi connectivity index (χ0v) is 14.4. The molecular weight excluding hydrogens is 324 g/mol. The normalized spacial score (nSPS) is 11.2. The molecular formula is C22H18N2O2. The van der Waals surface area contributed by atoms with Gasteiger partial charge in [-0.2, -0.15) is 5.26 Å². The van der Waals surface area contributed by atoms with E-state index in [1.807, 2.05) is 67.6 Å². The van der Waals surface area contributed by atoms with Crippen LogP contribution in [0.2, 0.25) is 0 Å². The van der Waals surface area contributed by atoms with E-state index in [1.54, 1.807) is 0 Å². The summed E-state index contributed by atoms with van der Waals surface area (Å²) in [7, 11) is 0. The maximum absolute atomic E-state index is 11.5. The average Bonchev–Trinajstić information content (AvgIpc) is 2.64. The van der Waals surface area contributed by atoms with Crippen molar-refractivity contribution >= 4 is 22.8 Å². The number of amides is 1. The van der Waals surface area contributed by atoms with Crippen LogP contribution in [0, 0.1) is 18.3 Å². The van der Waals surface area contributed by atoms with Crippen LogP contribution in [0.25, 0.3) is 16.8 Å². The first-order valence-corrected chi connectivity index (χ1v) is 8.20. The molecule has 4 nitrogen and oxygen atoms in total. The Labute approximate surface area is 152 Å². The van der Waals surface area contributed by atoms with Crippen molar-refractivity contribution in [3.05, 3.63) is 82.9 Å². The topological polar surface area (TPSA) is 76.1 Å². The highest BCUT2D eigenvalue weighted by Crippen LogP contribution is 2.31. The summed E-state index contributed by atoms with van der Waals surface area (Å²) in [6.07, 6.45) is 1.50. The van der Waals surface area contributed by atoms with Gasteiger partial charge in [0.1, 0.15) is 24.0 Å². The van der Waals surface area contributed by atoms with Crippen LogP contribution in [-0.4, -0.2) is 5.91 Å². The Kier molecular flexibility index (Phi) is 5.00. The lowest BCUT2D eigenvalue weighted by Crippen LogP contribution is -2.12. The fraction of sp³-hybridized carbons (Fsp3) is 0.0909. The lowest BCUT2D eigenvalue weighted by molar-refractivity contribution is -0.114. The van der Waals surface area contributed by atoms with Crippen molar-refractivity contribution in [2.24, 2.45) is 5.73 Å². The van der Waals surface area contributed by atoms with Gasteiger partial charge < -0.3 is 10.5 Å². The monoisotopic (exact) mass is 342 g/mol. The molecule has 0 spiro atoms. The van der Waals surface area contributed by atoms with E-state index >= 15 is 0 Å². The highest BCUT2D eigenvalue weighted by Gasteiger charge is 2.11. The van der Waals surface area contributed by atoms with E-state index < -0.39 is 5.91 Å². The van der Waals surface area contributed by atoms with Crippen molar-refractivity contribution in [3.63, 3.8) is 0 Å². The van der Waals surface area contributed by atoms with Gasteiger partial charge in [-0.15, -0.1) is 0 Å². The van der Waals surface area contributed by atoms with Crippen LogP contribution < -0.4 is 10.5 Å². The molecule has 4 heteroatoms. The van der Waals surface area contributed by atoms with Crippen molar-refractivity contribution in [2.75, 3.05) is 0 Å². The Hall–Kier alpha value is -3.58. The smallest absolute Gasteiger partial charge is 0.259 e. The summed E-state index contributed by atoms with van der Waals surface area (Å²) >= 11 is 0. The van der Waals surface area contributed by atoms with Crippen LogP contribution in [0.1, 0.15) is 16.7 Å². The molecule has 0 radical (unpaired) electrons. The van der Waals surface area contributed by atoms with Crippen molar-refractivity contribution in [2.45, 2.75) is 13.5 Å². The second-order valence-corrected chi connectivity index (χ2v) is 6.01. The molecule has 0 aliphatic carbocycles. The van der Waals surface area contributed by atoms with Crippen molar-refractivity contribution < 1.29 is 9.53 Å². The third kappa shape index (κ3) is 3.73. The minimum absolute atomic E-state index is 0.109. The summed E-state index contributed by atoms with van der Waals surface area (Å²) in [5.74, 6) is -0.163. The number of primary amides is 1. The molecule has 0 atom stereocenters. The number of nitrogens with two attached hydrogens (primary N) is 1. The van der Waals surface area contributed by atoms with Gasteiger partial charge in [-0.1, -0.05) is 60.2 Å². The zero-order chi connectivity index (χ0) is 18.5. The van der Waals surface area contributed by atoms with Crippen LogP contribution in [0.4, 0.5) is 0 Å². The molecule has 3 aromatic carbocycles. The van der Waals surface area contributed by atoms with E-state index in [1.165, 1.54) is 6.08 Å². The molecule has 0 aliphatic heterocycles. The minimum Gasteiger partial charge on any atom is -0.488 e. The maximum Gasteiger partial charge on any atom is 0.259 e. The molecule has 0 unspecified atom stereocenters. The Morgan fingerprint density at radius 2 is 1.96 bits per heavy atom. The molecule has 0 fully saturated rings. The lowest BCUT2D eigenvalue weighted by atomic mass is 10.0. The van der Waals surface area contributed by atoms with E-state index in [2.05, 4.69) is 6.07 Å². The molecule has 0 bridgehead atoms. The van der Waals surface area contributed by atoms with Gasteiger partial charge in [0.2, 0.25) is 0 Å². The standard InChI is InChI=1S/C22H18N2O2/c1-15-5-4-6-16(11-15)14-26-21-10-9-17-7-2-3-8-19(17)20(21)12-18(13-23)22(24)25/h2-12H,14H2,1H3,(H2,24,25)/b18-12+. The van der Waals surface area contributed by atoms with E-state index in [0.717, 1.165) is 21.9 Å². The highest BCUT2D eigenvalue weighted by molar-refractivity contribution is 6.04. The van der Waals surface area contributed by atoms with Crippen LogP contribution in [0.15, 0.2) is 66.2 Å². The number of carbonyl (C=O) groups is 1. The number of benzene rings is 3. The SMILES string of the molecule is Cc1cccc(COc2ccc3ccccc3c2/C=C(\C#N)C(N)=O)c1. The summed E-state index contributed by atoms with van der Waals surface area (Å²) in [5.41, 5.74) is 8.07. The molecule has 26 heavy (non-hydrogen) atoms. The Morgan fingerprint density at radius 1 is 1.15 bits per heavy atom. The summed E-state index contributed by atoms with van der Waals surface area (Å²) < 4.78 is 6.01. The van der Waals surface area contributed by atoms with Crippen LogP contribution in [-0.2, 0) is 11.4 Å². The van der Waals surface area contributed by atoms with E-state index in [9.17, 15) is 10.1 Å². The van der Waals surface area contributed by atoms with Gasteiger partial charge in [-0.3, -0.25) is 4.79 Å². The predicted octanol–water partition coefficient (Wildman–Crippen LogP) is 4.12. The fourth-order valence-corrected chi connectivity index (χ4v) is 2.82. The van der Waals surface area contributed by atoms with Gasteiger partial charge in [0, 0.05) is 5.56 Å². The van der Waals surface area contributed by atoms with Gasteiger partial charge in [-0.05, 0) is 35.4 Å². The molecule has 0 heterocycles. The third-order valence-electron chi connectivity index (χ3n) is 4.08. The number of carbonyl (C=O) groups excluding carboxylic acids is 1. The number of hydrogen-bond donors (Lipinski definition) is 1. The second-order valence-electron chi connectivity index (χ2n) is 6.01. The minimum atomic E-state index is -0.759. The summed E-state index contributed by atoms with van der Waals surface area (Å²) in [6, 6.07) is 21.4. The van der Waals surface area contributed by atoms with Crippen molar-refractivity contribution in [3.8, 4) is 11.8 Å². The highest BCUT2D eigenvalue weighted by atomic mass is 16.5. The number of nitrogens with zero attached hydrogens (tertiary/aromatic N) is 1. The Bertz CT molecular complexity index is 1050. The van der Waals surface area contributed by atoms with Gasteiger partial charge >= 0.3 is 0 Å². The first-order valence-electron chi connectivity index (χ1n) is 8.20. The molecule has 128 valence electrons. The number of fused-ring (bicyclic) bond motifs is 1. The summed E-state index contributed by atoms with van der Waals surface area (Å²) in [5, 5.41) is 11.1. The Balaban J connectivity index is 2.05. The molecule has 0 aromatic heterocycles. The van der Waals surface area contributed by atoms with E-state index in [4.69, 9.17) is 10.5 Å². The molecule has 0 aliphatic rings. The molecule has 2 N–H and O–H groups in total. The molecule has 1 amide bonds. The van der Waals surface area contributed by atoms with E-state index in [0.29, 0.717) is 17.9 Å². The molecule has 3 rings (SSSR count). The van der Waals surface area contributed by atoms with Crippen molar-refractivity contribution in [1.82, 2.24) is 0 Å². The number of aryl methyl sites for hydroxylation is 1. The first-order chi connectivity index (χ1) is 12.6. The van der Waals surface area contributed by atoms with Gasteiger partial charge in [0.15, 0.2) is 0 Å². The first kappa shape index (κ1) is 17.2. The fourth-order valence-electron chi connectivity index (χ4n) is 2.82. The van der Waals surface area contributed by atoms with Crippen LogP contribution in [0.5, 0.6) is 5.75 Å². The van der Waals surface area contributed by atoms with Gasteiger partial charge in [-0.25, -0.2) is 0 Å². The van der Waals surface area contributed by atoms with E-state index in [-0.39, 0.29) is 5.57 Å². The number of rotatable bonds is 5. The average molecular weight is 342 g/mol. The maximum atomic E-state index is 11.5. The quantitative estimate of drug-likeness (QED) is 0.560. The number of ether oxygens (including phenoxy) is 1. The van der Waals surface area contributed by atoms with Crippen LogP contribution in [0.3, 0.4) is 0 Å². The third-order valence-corrected chi connectivity index (χ3v) is 4.08. The van der Waals surface area contributed by atoms with Crippen molar-refractivity contribution in [1.29, 1.82) is 5.26 Å². The second kappa shape index (κ2) is 7.54. The predicted molar refractivity (Wildman–Crippen MR) is 102 cm³/mol. The summed E-state index contributed by atoms with van der Waals surface area (Å²) in [4.78, 5) is 11.5. The molecule has 3 aromatic rings. The number of hydrogen-bond acceptors (Lipinski definition) is 3. The lowest BCUT2D eigenvalue weighted by Gasteiger charge is -2.13. The van der Waals surface area contributed by atoms with Gasteiger partial charge in [0.25, 0.3) is 5.91 Å². The van der Waals surface area contributed by atoms with Crippen LogP contribution >= 0.6 is 0 Å².